The highest BCUT2D eigenvalue weighted by Crippen LogP contribution is 2.38. The van der Waals surface area contributed by atoms with Crippen molar-refractivity contribution in [3.8, 4) is 0 Å². The number of β-amino-alcohol motifs (C(OH)–C–C–N with tert-alkyl or cyclic N) is 1. The molecule has 2 aliphatic rings. The first kappa shape index (κ1) is 21.8. The Labute approximate surface area is 178 Å². The molecule has 2 aliphatic heterocycles. The van der Waals surface area contributed by atoms with Crippen molar-refractivity contribution >= 4 is 5.91 Å². The van der Waals surface area contributed by atoms with E-state index in [2.05, 4.69) is 4.90 Å². The van der Waals surface area contributed by atoms with E-state index in [9.17, 15) is 28.2 Å². The topological polar surface area (TPSA) is 64.0 Å². The van der Waals surface area contributed by atoms with E-state index < -0.39 is 34.5 Å². The van der Waals surface area contributed by atoms with Crippen LogP contribution in [0.3, 0.4) is 0 Å². The zero-order chi connectivity index (χ0) is 22.2. The molecule has 5 nitrogen and oxygen atoms in total. The average Bonchev–Trinajstić information content (AvgIpc) is 2.77. The first-order valence-electron chi connectivity index (χ1n) is 10.4. The molecule has 2 atom stereocenters. The van der Waals surface area contributed by atoms with E-state index in [-0.39, 0.29) is 31.8 Å². The highest BCUT2D eigenvalue weighted by Gasteiger charge is 2.53. The third-order valence-corrected chi connectivity index (χ3v) is 6.40. The number of benzene rings is 2. The molecule has 0 saturated carbocycles. The minimum absolute atomic E-state index is 0.0433. The lowest BCUT2D eigenvalue weighted by molar-refractivity contribution is -0.150. The third-order valence-electron chi connectivity index (χ3n) is 6.40. The highest BCUT2D eigenvalue weighted by atomic mass is 19.2. The molecule has 2 aromatic rings. The minimum atomic E-state index is -1.69. The number of hydrogen-bond acceptors (Lipinski definition) is 4. The normalized spacial score (nSPS) is 22.1. The molecule has 0 aliphatic carbocycles. The van der Waals surface area contributed by atoms with Crippen molar-refractivity contribution in [1.29, 1.82) is 0 Å². The number of halogens is 3. The Balaban J connectivity index is 1.51. The lowest BCUT2D eigenvalue weighted by atomic mass is 9.79. The fourth-order valence-corrected chi connectivity index (χ4v) is 4.81. The summed E-state index contributed by atoms with van der Waals surface area (Å²) in [4.78, 5) is 15.9. The monoisotopic (exact) mass is 434 g/mol. The second-order valence-corrected chi connectivity index (χ2v) is 8.35. The van der Waals surface area contributed by atoms with Gasteiger partial charge in [-0.05, 0) is 37.1 Å². The Morgan fingerprint density at radius 2 is 1.77 bits per heavy atom. The van der Waals surface area contributed by atoms with E-state index in [0.717, 1.165) is 24.5 Å². The molecule has 0 radical (unpaired) electrons. The van der Waals surface area contributed by atoms with E-state index in [1.54, 1.807) is 0 Å². The Morgan fingerprint density at radius 1 is 1.06 bits per heavy atom. The number of aliphatic hydroxyl groups is 2. The predicted molar refractivity (Wildman–Crippen MR) is 108 cm³/mol. The van der Waals surface area contributed by atoms with Crippen LogP contribution in [0.4, 0.5) is 13.2 Å². The number of rotatable bonds is 5. The number of nitrogens with zero attached hydrogens (tertiary/aromatic N) is 2. The molecule has 0 spiro atoms. The van der Waals surface area contributed by atoms with Gasteiger partial charge in [0.25, 0.3) is 5.91 Å². The quantitative estimate of drug-likeness (QED) is 0.711. The van der Waals surface area contributed by atoms with Crippen LogP contribution in [-0.4, -0.2) is 63.8 Å². The van der Waals surface area contributed by atoms with E-state index in [0.29, 0.717) is 19.0 Å². The van der Waals surface area contributed by atoms with Crippen LogP contribution in [0.1, 0.15) is 41.2 Å². The smallest absolute Gasteiger partial charge is 0.257 e. The fraction of sp³-hybridized carbons (Fsp3) is 0.435. The molecule has 2 N–H and O–H groups in total. The number of hydrogen-bond donors (Lipinski definition) is 2. The van der Waals surface area contributed by atoms with Crippen molar-refractivity contribution in [2.24, 2.45) is 0 Å². The lowest BCUT2D eigenvalue weighted by Crippen LogP contribution is -2.72. The number of amides is 1. The summed E-state index contributed by atoms with van der Waals surface area (Å²) in [6.07, 6.45) is 2.53. The van der Waals surface area contributed by atoms with Crippen LogP contribution in [0, 0.1) is 17.5 Å². The molecule has 166 valence electrons. The zero-order valence-electron chi connectivity index (χ0n) is 17.0. The molecule has 2 heterocycles. The molecule has 4 rings (SSSR count). The number of aliphatic hydroxyl groups excluding tert-OH is 1. The van der Waals surface area contributed by atoms with Gasteiger partial charge in [-0.25, -0.2) is 13.2 Å². The summed E-state index contributed by atoms with van der Waals surface area (Å²) < 4.78 is 40.7. The van der Waals surface area contributed by atoms with E-state index >= 15 is 0 Å². The van der Waals surface area contributed by atoms with Crippen LogP contribution in [0.5, 0.6) is 0 Å². The van der Waals surface area contributed by atoms with Gasteiger partial charge in [0.2, 0.25) is 0 Å². The lowest BCUT2D eigenvalue weighted by Gasteiger charge is -2.56. The van der Waals surface area contributed by atoms with Crippen LogP contribution >= 0.6 is 0 Å². The maximum Gasteiger partial charge on any atom is 0.257 e. The fourth-order valence-electron chi connectivity index (χ4n) is 4.81. The summed E-state index contributed by atoms with van der Waals surface area (Å²) in [6, 6.07) is 10.6. The third kappa shape index (κ3) is 3.95. The van der Waals surface area contributed by atoms with Crippen molar-refractivity contribution in [3.63, 3.8) is 0 Å². The first-order chi connectivity index (χ1) is 14.9. The van der Waals surface area contributed by atoms with Gasteiger partial charge in [-0.2, -0.15) is 0 Å². The van der Waals surface area contributed by atoms with Crippen molar-refractivity contribution in [3.05, 3.63) is 71.0 Å². The van der Waals surface area contributed by atoms with Gasteiger partial charge in [0.05, 0.1) is 31.3 Å². The van der Waals surface area contributed by atoms with Crippen LogP contribution in [0.15, 0.2) is 42.5 Å². The van der Waals surface area contributed by atoms with Crippen molar-refractivity contribution < 1.29 is 28.2 Å². The molecular weight excluding hydrogens is 409 g/mol. The molecule has 2 fully saturated rings. The highest BCUT2D eigenvalue weighted by molar-refractivity contribution is 5.95. The van der Waals surface area contributed by atoms with Gasteiger partial charge in [0, 0.05) is 6.04 Å². The van der Waals surface area contributed by atoms with Crippen LogP contribution in [0.25, 0.3) is 0 Å². The summed E-state index contributed by atoms with van der Waals surface area (Å²) in [5, 5.41) is 21.4. The molecule has 31 heavy (non-hydrogen) atoms. The summed E-state index contributed by atoms with van der Waals surface area (Å²) in [7, 11) is 0. The number of piperidine rings is 1. The maximum absolute atomic E-state index is 14.0. The Morgan fingerprint density at radius 3 is 2.45 bits per heavy atom. The SMILES string of the molecule is O=C(c1ccc(F)c(F)c1F)N1CC(O)([C@@H]2CCCCN2C(CO)c2ccccc2)C1. The maximum atomic E-state index is 14.0. The number of carbonyl (C=O) groups is 1. The van der Waals surface area contributed by atoms with Gasteiger partial charge in [0.15, 0.2) is 17.5 Å². The molecule has 0 bridgehead atoms. The van der Waals surface area contributed by atoms with E-state index in [4.69, 9.17) is 0 Å². The standard InChI is InChI=1S/C23H25F3N2O3/c24-17-10-9-16(20(25)21(17)26)22(30)27-13-23(31,14-27)19-8-4-5-11-28(19)18(12-29)15-6-2-1-3-7-15/h1-3,6-7,9-10,18-19,29,31H,4-5,8,11-14H2/t18?,19-/m0/s1. The van der Waals surface area contributed by atoms with Gasteiger partial charge in [-0.1, -0.05) is 36.8 Å². The molecule has 2 saturated heterocycles. The Bertz CT molecular complexity index is 951. The first-order valence-corrected chi connectivity index (χ1v) is 10.4. The average molecular weight is 434 g/mol. The second-order valence-electron chi connectivity index (χ2n) is 8.35. The van der Waals surface area contributed by atoms with Crippen LogP contribution in [0.2, 0.25) is 0 Å². The Kier molecular flexibility index (Phi) is 6.05. The molecular formula is C23H25F3N2O3. The summed E-state index contributed by atoms with van der Waals surface area (Å²) in [5.74, 6) is -5.36. The number of likely N-dealkylation sites (tertiary alicyclic amines) is 2. The van der Waals surface area contributed by atoms with Crippen molar-refractivity contribution in [2.45, 2.75) is 36.9 Å². The van der Waals surface area contributed by atoms with Gasteiger partial charge in [-0.3, -0.25) is 9.69 Å². The Hall–Kier alpha value is -2.42. The zero-order valence-corrected chi connectivity index (χ0v) is 17.0. The van der Waals surface area contributed by atoms with Crippen molar-refractivity contribution in [1.82, 2.24) is 9.80 Å². The van der Waals surface area contributed by atoms with Crippen LogP contribution in [-0.2, 0) is 0 Å². The largest absolute Gasteiger partial charge is 0.394 e. The minimum Gasteiger partial charge on any atom is -0.394 e. The second kappa shape index (κ2) is 8.61. The predicted octanol–water partition coefficient (Wildman–Crippen LogP) is 2.88. The van der Waals surface area contributed by atoms with E-state index in [1.807, 2.05) is 30.3 Å². The molecule has 1 amide bonds. The summed E-state index contributed by atoms with van der Waals surface area (Å²) in [6.45, 7) is 0.495. The molecule has 1 unspecified atom stereocenters. The molecule has 8 heteroatoms. The molecule has 0 aromatic heterocycles. The number of carbonyl (C=O) groups excluding carboxylic acids is 1. The van der Waals surface area contributed by atoms with E-state index in [1.165, 1.54) is 4.90 Å². The van der Waals surface area contributed by atoms with Gasteiger partial charge < -0.3 is 15.1 Å². The summed E-state index contributed by atoms with van der Waals surface area (Å²) >= 11 is 0. The van der Waals surface area contributed by atoms with Gasteiger partial charge in [-0.15, -0.1) is 0 Å². The van der Waals surface area contributed by atoms with Gasteiger partial charge >= 0.3 is 0 Å². The van der Waals surface area contributed by atoms with Gasteiger partial charge in [0.1, 0.15) is 5.60 Å². The molecule has 2 aromatic carbocycles. The summed E-state index contributed by atoms with van der Waals surface area (Å²) in [5.41, 5.74) is -0.844. The van der Waals surface area contributed by atoms with Crippen LogP contribution < -0.4 is 0 Å². The van der Waals surface area contributed by atoms with Crippen molar-refractivity contribution in [2.75, 3.05) is 26.2 Å².